The van der Waals surface area contributed by atoms with E-state index in [1.165, 1.54) is 0 Å². The second kappa shape index (κ2) is 7.01. The molecular weight excluding hydrogens is 421 g/mol. The van der Waals surface area contributed by atoms with Gasteiger partial charge in [0.2, 0.25) is 5.76 Å². The molecule has 30 heavy (non-hydrogen) atoms. The van der Waals surface area contributed by atoms with Crippen LogP contribution in [0.15, 0.2) is 75.9 Å². The fourth-order valence-corrected chi connectivity index (χ4v) is 4.25. The summed E-state index contributed by atoms with van der Waals surface area (Å²) in [5, 5.41) is 1.51. The van der Waals surface area contributed by atoms with Crippen molar-refractivity contribution in [2.24, 2.45) is 0 Å². The van der Waals surface area contributed by atoms with Crippen molar-refractivity contribution in [2.45, 2.75) is 13.0 Å². The third-order valence-electron chi connectivity index (χ3n) is 5.30. The molecule has 1 aliphatic rings. The van der Waals surface area contributed by atoms with Crippen molar-refractivity contribution in [3.8, 4) is 0 Å². The standard InChI is InChI=1S/C24H15Cl2NO3/c1-13-5-10-19-18(11-13)22(28)20-21(14-6-8-15(25)9-7-14)27(24(29)23(20)30-19)17-4-2-3-16(26)12-17/h2-12,21H,1H3. The zero-order valence-corrected chi connectivity index (χ0v) is 17.4. The van der Waals surface area contributed by atoms with Crippen molar-refractivity contribution in [1.29, 1.82) is 0 Å². The summed E-state index contributed by atoms with van der Waals surface area (Å²) in [6.07, 6.45) is 0. The summed E-state index contributed by atoms with van der Waals surface area (Å²) >= 11 is 12.3. The molecule has 0 spiro atoms. The van der Waals surface area contributed by atoms with Gasteiger partial charge in [-0.05, 0) is 55.0 Å². The first-order chi connectivity index (χ1) is 14.4. The summed E-state index contributed by atoms with van der Waals surface area (Å²) in [5.41, 5.74) is 2.77. The Morgan fingerprint density at radius 3 is 2.40 bits per heavy atom. The topological polar surface area (TPSA) is 50.5 Å². The summed E-state index contributed by atoms with van der Waals surface area (Å²) < 4.78 is 5.96. The monoisotopic (exact) mass is 435 g/mol. The van der Waals surface area contributed by atoms with Crippen LogP contribution in [0, 0.1) is 6.92 Å². The Hall–Kier alpha value is -3.08. The molecule has 0 aliphatic carbocycles. The Kier molecular flexibility index (Phi) is 4.42. The average molecular weight is 436 g/mol. The second-order valence-electron chi connectivity index (χ2n) is 7.28. The van der Waals surface area contributed by atoms with E-state index in [0.717, 1.165) is 11.1 Å². The molecule has 0 fully saturated rings. The van der Waals surface area contributed by atoms with Gasteiger partial charge in [0.25, 0.3) is 5.91 Å². The summed E-state index contributed by atoms with van der Waals surface area (Å²) in [6.45, 7) is 1.91. The Labute approximate surface area is 182 Å². The van der Waals surface area contributed by atoms with Gasteiger partial charge in [0.15, 0.2) is 5.43 Å². The van der Waals surface area contributed by atoms with Crippen LogP contribution < -0.4 is 10.3 Å². The van der Waals surface area contributed by atoms with E-state index in [9.17, 15) is 9.59 Å². The first-order valence-corrected chi connectivity index (χ1v) is 10.1. The van der Waals surface area contributed by atoms with Crippen LogP contribution in [0.2, 0.25) is 10.0 Å². The van der Waals surface area contributed by atoms with E-state index in [0.29, 0.717) is 32.3 Å². The maximum atomic E-state index is 13.5. The summed E-state index contributed by atoms with van der Waals surface area (Å²) in [6, 6.07) is 18.8. The van der Waals surface area contributed by atoms with Gasteiger partial charge in [0, 0.05) is 15.7 Å². The lowest BCUT2D eigenvalue weighted by Gasteiger charge is -2.25. The van der Waals surface area contributed by atoms with Crippen LogP contribution in [0.3, 0.4) is 0 Å². The largest absolute Gasteiger partial charge is 0.450 e. The van der Waals surface area contributed by atoms with Gasteiger partial charge in [0.1, 0.15) is 5.58 Å². The van der Waals surface area contributed by atoms with Crippen LogP contribution in [-0.4, -0.2) is 5.91 Å². The van der Waals surface area contributed by atoms with E-state index in [-0.39, 0.29) is 17.1 Å². The zero-order chi connectivity index (χ0) is 21.0. The summed E-state index contributed by atoms with van der Waals surface area (Å²) in [4.78, 5) is 28.5. The number of fused-ring (bicyclic) bond motifs is 2. The van der Waals surface area contributed by atoms with Crippen molar-refractivity contribution in [1.82, 2.24) is 0 Å². The zero-order valence-electron chi connectivity index (χ0n) is 15.9. The molecule has 1 aliphatic heterocycles. The minimum atomic E-state index is -0.649. The second-order valence-corrected chi connectivity index (χ2v) is 8.16. The highest BCUT2D eigenvalue weighted by atomic mass is 35.5. The van der Waals surface area contributed by atoms with Gasteiger partial charge in [-0.15, -0.1) is 0 Å². The molecule has 0 N–H and O–H groups in total. The number of amides is 1. The molecule has 148 valence electrons. The predicted molar refractivity (Wildman–Crippen MR) is 119 cm³/mol. The molecule has 2 heterocycles. The van der Waals surface area contributed by atoms with Crippen LogP contribution in [0.1, 0.15) is 33.3 Å². The van der Waals surface area contributed by atoms with Crippen molar-refractivity contribution >= 4 is 45.8 Å². The minimum Gasteiger partial charge on any atom is -0.450 e. The maximum absolute atomic E-state index is 13.5. The van der Waals surface area contributed by atoms with E-state index in [1.54, 1.807) is 53.4 Å². The lowest BCUT2D eigenvalue weighted by molar-refractivity contribution is 0.0971. The number of aryl methyl sites for hydroxylation is 1. The maximum Gasteiger partial charge on any atom is 0.295 e. The molecule has 0 bridgehead atoms. The Bertz CT molecular complexity index is 1380. The van der Waals surface area contributed by atoms with E-state index in [1.807, 2.05) is 25.1 Å². The van der Waals surface area contributed by atoms with Crippen LogP contribution in [-0.2, 0) is 0 Å². The Morgan fingerprint density at radius 2 is 1.67 bits per heavy atom. The lowest BCUT2D eigenvalue weighted by atomic mass is 9.98. The van der Waals surface area contributed by atoms with Gasteiger partial charge >= 0.3 is 0 Å². The first kappa shape index (κ1) is 18.9. The minimum absolute atomic E-state index is 0.0521. The molecule has 6 heteroatoms. The number of halogens is 2. The molecule has 0 saturated heterocycles. The van der Waals surface area contributed by atoms with Crippen LogP contribution in [0.4, 0.5) is 5.69 Å². The van der Waals surface area contributed by atoms with Gasteiger partial charge in [-0.1, -0.05) is 53.0 Å². The third kappa shape index (κ3) is 2.92. The molecule has 3 aromatic carbocycles. The molecular formula is C24H15Cl2NO3. The molecule has 1 aromatic heterocycles. The van der Waals surface area contributed by atoms with E-state index < -0.39 is 6.04 Å². The molecule has 0 radical (unpaired) electrons. The number of carbonyl (C=O) groups is 1. The molecule has 4 nitrogen and oxygen atoms in total. The number of benzene rings is 3. The van der Waals surface area contributed by atoms with Gasteiger partial charge in [-0.25, -0.2) is 0 Å². The van der Waals surface area contributed by atoms with Crippen LogP contribution in [0.25, 0.3) is 11.0 Å². The number of anilines is 1. The quantitative estimate of drug-likeness (QED) is 0.378. The molecule has 1 amide bonds. The normalized spacial score (nSPS) is 15.6. The Balaban J connectivity index is 1.83. The van der Waals surface area contributed by atoms with Crippen molar-refractivity contribution in [3.63, 3.8) is 0 Å². The SMILES string of the molecule is Cc1ccc2oc3c(c(=O)c2c1)C(c1ccc(Cl)cc1)N(c1cccc(Cl)c1)C3=O. The number of hydrogen-bond acceptors (Lipinski definition) is 3. The summed E-state index contributed by atoms with van der Waals surface area (Å²) in [7, 11) is 0. The highest BCUT2D eigenvalue weighted by molar-refractivity contribution is 6.31. The molecule has 0 saturated carbocycles. The highest BCUT2D eigenvalue weighted by Crippen LogP contribution is 2.41. The van der Waals surface area contributed by atoms with Crippen molar-refractivity contribution in [3.05, 3.63) is 109 Å². The average Bonchev–Trinajstić information content (AvgIpc) is 3.02. The van der Waals surface area contributed by atoms with Crippen LogP contribution >= 0.6 is 23.2 Å². The third-order valence-corrected chi connectivity index (χ3v) is 5.78. The lowest BCUT2D eigenvalue weighted by Crippen LogP contribution is -2.29. The van der Waals surface area contributed by atoms with Gasteiger partial charge in [0.05, 0.1) is 17.0 Å². The smallest absolute Gasteiger partial charge is 0.295 e. The molecule has 4 aromatic rings. The molecule has 1 unspecified atom stereocenters. The number of hydrogen-bond donors (Lipinski definition) is 0. The number of carbonyl (C=O) groups excluding carboxylic acids is 1. The van der Waals surface area contributed by atoms with Crippen molar-refractivity contribution in [2.75, 3.05) is 4.90 Å². The highest BCUT2D eigenvalue weighted by Gasteiger charge is 2.43. The number of rotatable bonds is 2. The van der Waals surface area contributed by atoms with E-state index in [4.69, 9.17) is 27.6 Å². The Morgan fingerprint density at radius 1 is 0.900 bits per heavy atom. The summed E-state index contributed by atoms with van der Waals surface area (Å²) in [5.74, 6) is -0.330. The molecule has 1 atom stereocenters. The van der Waals surface area contributed by atoms with Gasteiger partial charge in [-0.3, -0.25) is 14.5 Å². The van der Waals surface area contributed by atoms with Gasteiger partial charge in [-0.2, -0.15) is 0 Å². The fraction of sp³-hybridized carbons (Fsp3) is 0.0833. The number of nitrogens with zero attached hydrogens (tertiary/aromatic N) is 1. The van der Waals surface area contributed by atoms with Crippen LogP contribution in [0.5, 0.6) is 0 Å². The van der Waals surface area contributed by atoms with E-state index in [2.05, 4.69) is 0 Å². The molecule has 5 rings (SSSR count). The fourth-order valence-electron chi connectivity index (χ4n) is 3.94. The first-order valence-electron chi connectivity index (χ1n) is 9.36. The predicted octanol–water partition coefficient (Wildman–Crippen LogP) is 6.16. The van der Waals surface area contributed by atoms with Gasteiger partial charge < -0.3 is 4.42 Å². The van der Waals surface area contributed by atoms with Crippen molar-refractivity contribution < 1.29 is 9.21 Å². The van der Waals surface area contributed by atoms with E-state index >= 15 is 0 Å².